The van der Waals surface area contributed by atoms with Gasteiger partial charge in [-0.2, -0.15) is 0 Å². The molecule has 3 aromatic rings. The fourth-order valence-electron chi connectivity index (χ4n) is 2.77. The van der Waals surface area contributed by atoms with E-state index in [2.05, 4.69) is 0 Å². The third kappa shape index (κ3) is 3.40. The smallest absolute Gasteiger partial charge is 0.408 e. The zero-order valence-electron chi connectivity index (χ0n) is 13.6. The van der Waals surface area contributed by atoms with Crippen molar-refractivity contribution in [3.63, 3.8) is 0 Å². The Bertz CT molecular complexity index is 880. The Kier molecular flexibility index (Phi) is 4.79. The summed E-state index contributed by atoms with van der Waals surface area (Å²) in [5.74, 6) is -0.578. The van der Waals surface area contributed by atoms with E-state index in [1.165, 1.54) is 10.1 Å². The Hall–Kier alpha value is -2.82. The van der Waals surface area contributed by atoms with Gasteiger partial charge in [0.1, 0.15) is 6.54 Å². The van der Waals surface area contributed by atoms with Crippen LogP contribution in [0, 0.1) is 0 Å². The van der Waals surface area contributed by atoms with Crippen LogP contribution in [0.5, 0.6) is 0 Å². The number of nitrogens with zero attached hydrogens (tertiary/aromatic N) is 2. The summed E-state index contributed by atoms with van der Waals surface area (Å²) in [6, 6.07) is 17.2. The van der Waals surface area contributed by atoms with Gasteiger partial charge in [-0.1, -0.05) is 42.5 Å². The SMILES string of the molecule is CCN(CCc1ccccc1)C(=O)Cn1c(=O)oc2ccccc21. The fraction of sp³-hybridized carbons (Fsp3) is 0.263. The highest BCUT2D eigenvalue weighted by Gasteiger charge is 2.16. The van der Waals surface area contributed by atoms with Crippen LogP contribution in [-0.2, 0) is 17.8 Å². The fourth-order valence-corrected chi connectivity index (χ4v) is 2.77. The van der Waals surface area contributed by atoms with Crippen molar-refractivity contribution in [2.45, 2.75) is 19.9 Å². The van der Waals surface area contributed by atoms with Crippen LogP contribution in [0.4, 0.5) is 0 Å². The van der Waals surface area contributed by atoms with Gasteiger partial charge < -0.3 is 9.32 Å². The third-order valence-corrected chi connectivity index (χ3v) is 4.11. The molecule has 0 atom stereocenters. The van der Waals surface area contributed by atoms with Crippen LogP contribution in [0.3, 0.4) is 0 Å². The first kappa shape index (κ1) is 16.1. The molecule has 24 heavy (non-hydrogen) atoms. The van der Waals surface area contributed by atoms with Crippen LogP contribution in [0.25, 0.3) is 11.1 Å². The Morgan fingerprint density at radius 2 is 1.79 bits per heavy atom. The van der Waals surface area contributed by atoms with Crippen molar-refractivity contribution in [3.05, 3.63) is 70.7 Å². The number of aromatic nitrogens is 1. The predicted molar refractivity (Wildman–Crippen MR) is 92.9 cm³/mol. The molecule has 0 fully saturated rings. The Morgan fingerprint density at radius 3 is 2.54 bits per heavy atom. The number of hydrogen-bond acceptors (Lipinski definition) is 3. The third-order valence-electron chi connectivity index (χ3n) is 4.11. The van der Waals surface area contributed by atoms with Crippen LogP contribution in [0.1, 0.15) is 12.5 Å². The lowest BCUT2D eigenvalue weighted by Crippen LogP contribution is -2.36. The number of amides is 1. The molecule has 0 spiro atoms. The summed E-state index contributed by atoms with van der Waals surface area (Å²) < 4.78 is 6.57. The van der Waals surface area contributed by atoms with E-state index in [0.29, 0.717) is 24.2 Å². The number of fused-ring (bicyclic) bond motifs is 1. The molecule has 0 bridgehead atoms. The number of likely N-dealkylation sites (N-methyl/N-ethyl adjacent to an activating group) is 1. The highest BCUT2D eigenvalue weighted by molar-refractivity contribution is 5.79. The van der Waals surface area contributed by atoms with Gasteiger partial charge in [-0.15, -0.1) is 0 Å². The molecule has 124 valence electrons. The molecule has 1 heterocycles. The van der Waals surface area contributed by atoms with Crippen LogP contribution in [0.2, 0.25) is 0 Å². The second-order valence-electron chi connectivity index (χ2n) is 5.63. The van der Waals surface area contributed by atoms with Gasteiger partial charge in [0, 0.05) is 13.1 Å². The Balaban J connectivity index is 1.72. The summed E-state index contributed by atoms with van der Waals surface area (Å²) in [4.78, 5) is 26.3. The molecule has 0 radical (unpaired) electrons. The maximum atomic E-state index is 12.6. The first-order chi connectivity index (χ1) is 11.7. The highest BCUT2D eigenvalue weighted by Crippen LogP contribution is 2.12. The number of oxazole rings is 1. The normalized spacial score (nSPS) is 10.9. The average Bonchev–Trinajstić information content (AvgIpc) is 2.92. The van der Waals surface area contributed by atoms with E-state index < -0.39 is 5.76 Å². The maximum Gasteiger partial charge on any atom is 0.420 e. The minimum atomic E-state index is -0.497. The van der Waals surface area contributed by atoms with Gasteiger partial charge in [0.15, 0.2) is 5.58 Å². The molecule has 0 unspecified atom stereocenters. The number of benzene rings is 2. The highest BCUT2D eigenvalue weighted by atomic mass is 16.4. The number of rotatable bonds is 6. The first-order valence-corrected chi connectivity index (χ1v) is 8.09. The van der Waals surface area contributed by atoms with Crippen LogP contribution in [0.15, 0.2) is 63.8 Å². The van der Waals surface area contributed by atoms with Crippen molar-refractivity contribution in [1.29, 1.82) is 0 Å². The Labute approximate surface area is 140 Å². The molecule has 0 aliphatic heterocycles. The number of carbonyl (C=O) groups excluding carboxylic acids is 1. The quantitative estimate of drug-likeness (QED) is 0.700. The lowest BCUT2D eigenvalue weighted by molar-refractivity contribution is -0.131. The lowest BCUT2D eigenvalue weighted by atomic mass is 10.1. The molecular formula is C19H20N2O3. The minimum Gasteiger partial charge on any atom is -0.408 e. The summed E-state index contributed by atoms with van der Waals surface area (Å²) >= 11 is 0. The molecule has 2 aromatic carbocycles. The van der Waals surface area contributed by atoms with Gasteiger partial charge >= 0.3 is 5.76 Å². The molecule has 5 nitrogen and oxygen atoms in total. The van der Waals surface area contributed by atoms with E-state index in [4.69, 9.17) is 4.42 Å². The number of hydrogen-bond donors (Lipinski definition) is 0. The van der Waals surface area contributed by atoms with Crippen molar-refractivity contribution < 1.29 is 9.21 Å². The van der Waals surface area contributed by atoms with E-state index in [1.54, 1.807) is 23.1 Å². The van der Waals surface area contributed by atoms with E-state index in [0.717, 1.165) is 6.42 Å². The van der Waals surface area contributed by atoms with E-state index in [9.17, 15) is 9.59 Å². The first-order valence-electron chi connectivity index (χ1n) is 8.09. The maximum absolute atomic E-state index is 12.6. The van der Waals surface area contributed by atoms with Crippen molar-refractivity contribution in [3.8, 4) is 0 Å². The second kappa shape index (κ2) is 7.17. The molecule has 0 N–H and O–H groups in total. The number of para-hydroxylation sites is 2. The summed E-state index contributed by atoms with van der Waals surface area (Å²) in [5, 5.41) is 0. The van der Waals surface area contributed by atoms with E-state index in [1.807, 2.05) is 43.3 Å². The molecule has 0 aliphatic carbocycles. The topological polar surface area (TPSA) is 55.5 Å². The molecular weight excluding hydrogens is 304 g/mol. The van der Waals surface area contributed by atoms with Crippen LogP contribution >= 0.6 is 0 Å². The van der Waals surface area contributed by atoms with Gasteiger partial charge in [-0.3, -0.25) is 9.36 Å². The average molecular weight is 324 g/mol. The van der Waals surface area contributed by atoms with Gasteiger partial charge in [0.05, 0.1) is 5.52 Å². The second-order valence-corrected chi connectivity index (χ2v) is 5.63. The van der Waals surface area contributed by atoms with Crippen molar-refractivity contribution in [1.82, 2.24) is 9.47 Å². The van der Waals surface area contributed by atoms with Crippen molar-refractivity contribution >= 4 is 17.0 Å². The molecule has 3 rings (SSSR count). The van der Waals surface area contributed by atoms with E-state index in [-0.39, 0.29) is 12.5 Å². The van der Waals surface area contributed by atoms with Gasteiger partial charge in [-0.05, 0) is 31.0 Å². The Morgan fingerprint density at radius 1 is 1.08 bits per heavy atom. The molecule has 0 saturated heterocycles. The van der Waals surface area contributed by atoms with Crippen molar-refractivity contribution in [2.75, 3.05) is 13.1 Å². The molecule has 0 aliphatic rings. The van der Waals surface area contributed by atoms with Gasteiger partial charge in [0.25, 0.3) is 0 Å². The molecule has 1 aromatic heterocycles. The van der Waals surface area contributed by atoms with Crippen LogP contribution in [-0.4, -0.2) is 28.5 Å². The molecule has 1 amide bonds. The monoisotopic (exact) mass is 324 g/mol. The summed E-state index contributed by atoms with van der Waals surface area (Å²) in [6.45, 7) is 3.18. The summed E-state index contributed by atoms with van der Waals surface area (Å²) in [6.07, 6.45) is 0.793. The predicted octanol–water partition coefficient (Wildman–Crippen LogP) is 2.69. The standard InChI is InChI=1S/C19H20N2O3/c1-2-20(13-12-15-8-4-3-5-9-15)18(22)14-21-16-10-6-7-11-17(16)24-19(21)23/h3-11H,2,12-14H2,1H3. The zero-order valence-corrected chi connectivity index (χ0v) is 13.6. The lowest BCUT2D eigenvalue weighted by Gasteiger charge is -2.21. The van der Waals surface area contributed by atoms with Crippen LogP contribution < -0.4 is 5.76 Å². The minimum absolute atomic E-state index is 0.00151. The molecule has 0 saturated carbocycles. The van der Waals surface area contributed by atoms with E-state index >= 15 is 0 Å². The molecule has 5 heteroatoms. The summed E-state index contributed by atoms with van der Waals surface area (Å²) in [5.41, 5.74) is 2.34. The largest absolute Gasteiger partial charge is 0.420 e. The van der Waals surface area contributed by atoms with Crippen molar-refractivity contribution in [2.24, 2.45) is 0 Å². The zero-order chi connectivity index (χ0) is 16.9. The number of carbonyl (C=O) groups is 1. The van der Waals surface area contributed by atoms with Gasteiger partial charge in [-0.25, -0.2) is 4.79 Å². The summed E-state index contributed by atoms with van der Waals surface area (Å²) in [7, 11) is 0. The van der Waals surface area contributed by atoms with Gasteiger partial charge in [0.2, 0.25) is 5.91 Å².